The molecule has 0 bridgehead atoms. The van der Waals surface area contributed by atoms with Crippen molar-refractivity contribution in [2.75, 3.05) is 6.61 Å². The van der Waals surface area contributed by atoms with Crippen molar-refractivity contribution in [3.8, 4) is 5.69 Å². The first kappa shape index (κ1) is 21.1. The number of carbonyl (C=O) groups excluding carboxylic acids is 1. The predicted octanol–water partition coefficient (Wildman–Crippen LogP) is 4.99. The van der Waals surface area contributed by atoms with Crippen LogP contribution in [-0.4, -0.2) is 32.6 Å². The van der Waals surface area contributed by atoms with Crippen LogP contribution in [0.15, 0.2) is 59.8 Å². The van der Waals surface area contributed by atoms with Crippen molar-refractivity contribution in [2.24, 2.45) is 0 Å². The third-order valence-electron chi connectivity index (χ3n) is 4.61. The second kappa shape index (κ2) is 10.3. The van der Waals surface area contributed by atoms with E-state index in [9.17, 15) is 4.79 Å². The average Bonchev–Trinajstić information content (AvgIpc) is 3.11. The van der Waals surface area contributed by atoms with Gasteiger partial charge in [0.15, 0.2) is 5.16 Å². The summed E-state index contributed by atoms with van der Waals surface area (Å²) in [7, 11) is 0. The molecule has 1 atom stereocenters. The second-order valence-corrected chi connectivity index (χ2v) is 8.00. The third-order valence-corrected chi connectivity index (χ3v) is 5.80. The molecule has 29 heavy (non-hydrogen) atoms. The van der Waals surface area contributed by atoms with E-state index in [0.717, 1.165) is 35.1 Å². The van der Waals surface area contributed by atoms with Crippen LogP contribution >= 0.6 is 11.8 Å². The zero-order valence-electron chi connectivity index (χ0n) is 17.2. The van der Waals surface area contributed by atoms with Gasteiger partial charge in [0.05, 0.1) is 12.3 Å². The van der Waals surface area contributed by atoms with E-state index in [4.69, 9.17) is 4.74 Å². The number of rotatable bonds is 9. The Morgan fingerprint density at radius 3 is 2.48 bits per heavy atom. The first-order valence-corrected chi connectivity index (χ1v) is 10.9. The lowest BCUT2D eigenvalue weighted by Gasteiger charge is -2.16. The number of thioether (sulfide) groups is 1. The second-order valence-electron chi connectivity index (χ2n) is 6.83. The van der Waals surface area contributed by atoms with Gasteiger partial charge in [-0.2, -0.15) is 0 Å². The van der Waals surface area contributed by atoms with Gasteiger partial charge in [-0.1, -0.05) is 73.6 Å². The van der Waals surface area contributed by atoms with E-state index in [0.29, 0.717) is 13.0 Å². The molecule has 6 heteroatoms. The summed E-state index contributed by atoms with van der Waals surface area (Å²) in [6.45, 7) is 6.35. The number of para-hydroxylation sites is 1. The molecule has 5 nitrogen and oxygen atoms in total. The van der Waals surface area contributed by atoms with Crippen LogP contribution in [0.3, 0.4) is 0 Å². The van der Waals surface area contributed by atoms with Gasteiger partial charge in [0.2, 0.25) is 0 Å². The fourth-order valence-electron chi connectivity index (χ4n) is 3.18. The van der Waals surface area contributed by atoms with Gasteiger partial charge in [-0.05, 0) is 37.5 Å². The lowest BCUT2D eigenvalue weighted by molar-refractivity contribution is -0.142. The van der Waals surface area contributed by atoms with Gasteiger partial charge in [0, 0.05) is 6.42 Å². The van der Waals surface area contributed by atoms with Gasteiger partial charge in [0.25, 0.3) is 0 Å². The smallest absolute Gasteiger partial charge is 0.319 e. The van der Waals surface area contributed by atoms with Crippen LogP contribution in [0.5, 0.6) is 0 Å². The van der Waals surface area contributed by atoms with E-state index in [2.05, 4.69) is 52.9 Å². The summed E-state index contributed by atoms with van der Waals surface area (Å²) >= 11 is 1.44. The maximum absolute atomic E-state index is 12.4. The largest absolute Gasteiger partial charge is 0.465 e. The van der Waals surface area contributed by atoms with Crippen molar-refractivity contribution in [1.82, 2.24) is 14.8 Å². The highest BCUT2D eigenvalue weighted by molar-refractivity contribution is 8.00. The van der Waals surface area contributed by atoms with Crippen molar-refractivity contribution in [3.63, 3.8) is 0 Å². The fourth-order valence-corrected chi connectivity index (χ4v) is 4.34. The number of esters is 1. The minimum atomic E-state index is -0.295. The maximum atomic E-state index is 12.4. The molecular weight excluding hydrogens is 382 g/mol. The lowest BCUT2D eigenvalue weighted by atomic mass is 10.1. The first-order chi connectivity index (χ1) is 14.1. The lowest BCUT2D eigenvalue weighted by Crippen LogP contribution is -2.21. The first-order valence-electron chi connectivity index (χ1n) is 10.0. The van der Waals surface area contributed by atoms with Crippen LogP contribution < -0.4 is 0 Å². The van der Waals surface area contributed by atoms with Crippen LogP contribution in [-0.2, 0) is 16.0 Å². The molecule has 0 saturated heterocycles. The minimum absolute atomic E-state index is 0.191. The van der Waals surface area contributed by atoms with E-state index in [1.54, 1.807) is 0 Å². The maximum Gasteiger partial charge on any atom is 0.319 e. The Kier molecular flexibility index (Phi) is 7.47. The molecule has 1 aromatic heterocycles. The highest BCUT2D eigenvalue weighted by Crippen LogP contribution is 2.30. The number of carbonyl (C=O) groups is 1. The van der Waals surface area contributed by atoms with Gasteiger partial charge in [-0.3, -0.25) is 9.36 Å². The molecule has 0 aliphatic heterocycles. The van der Waals surface area contributed by atoms with E-state index in [1.807, 2.05) is 37.3 Å². The zero-order valence-corrected chi connectivity index (χ0v) is 18.0. The molecule has 0 aliphatic rings. The van der Waals surface area contributed by atoms with Crippen molar-refractivity contribution in [3.05, 3.63) is 71.5 Å². The number of aryl methyl sites for hydroxylation is 1. The van der Waals surface area contributed by atoms with Gasteiger partial charge in [-0.15, -0.1) is 10.2 Å². The Morgan fingerprint density at radius 1 is 1.07 bits per heavy atom. The van der Waals surface area contributed by atoms with E-state index < -0.39 is 0 Å². The molecule has 2 aromatic carbocycles. The molecule has 3 rings (SSSR count). The van der Waals surface area contributed by atoms with Crippen LogP contribution in [0.2, 0.25) is 0 Å². The number of ether oxygens (including phenoxy) is 1. The van der Waals surface area contributed by atoms with Gasteiger partial charge >= 0.3 is 5.97 Å². The number of benzene rings is 2. The Balaban J connectivity index is 2.00. The van der Waals surface area contributed by atoms with Crippen molar-refractivity contribution >= 4 is 17.7 Å². The zero-order chi connectivity index (χ0) is 20.6. The monoisotopic (exact) mass is 409 g/mol. The molecule has 1 heterocycles. The van der Waals surface area contributed by atoms with E-state index >= 15 is 0 Å². The molecule has 0 spiro atoms. The summed E-state index contributed by atoms with van der Waals surface area (Å²) in [6.07, 6.45) is 2.30. The third kappa shape index (κ3) is 5.26. The molecule has 0 N–H and O–H groups in total. The van der Waals surface area contributed by atoms with Crippen molar-refractivity contribution in [1.29, 1.82) is 0 Å². The predicted molar refractivity (Wildman–Crippen MR) is 117 cm³/mol. The number of nitrogens with zero attached hydrogens (tertiary/aromatic N) is 3. The fraction of sp³-hybridized carbons (Fsp3) is 0.348. The highest BCUT2D eigenvalue weighted by atomic mass is 32.2. The van der Waals surface area contributed by atoms with Crippen LogP contribution in [0.1, 0.15) is 43.6 Å². The van der Waals surface area contributed by atoms with E-state index in [1.165, 1.54) is 17.3 Å². The molecule has 152 valence electrons. The summed E-state index contributed by atoms with van der Waals surface area (Å²) in [5.41, 5.74) is 3.33. The normalized spacial score (nSPS) is 12.0. The molecule has 0 fully saturated rings. The van der Waals surface area contributed by atoms with Gasteiger partial charge < -0.3 is 4.74 Å². The van der Waals surface area contributed by atoms with Crippen molar-refractivity contribution < 1.29 is 9.53 Å². The van der Waals surface area contributed by atoms with Crippen LogP contribution in [0.25, 0.3) is 5.69 Å². The highest BCUT2D eigenvalue weighted by Gasteiger charge is 2.25. The Hall–Kier alpha value is -2.60. The Labute approximate surface area is 176 Å². The number of hydrogen-bond donors (Lipinski definition) is 0. The molecule has 0 aliphatic carbocycles. The van der Waals surface area contributed by atoms with Crippen molar-refractivity contribution in [2.45, 2.75) is 50.4 Å². The molecule has 0 amide bonds. The number of aromatic nitrogens is 3. The van der Waals surface area contributed by atoms with Crippen LogP contribution in [0, 0.1) is 6.92 Å². The summed E-state index contributed by atoms with van der Waals surface area (Å²) in [5, 5.41) is 9.37. The summed E-state index contributed by atoms with van der Waals surface area (Å²) in [4.78, 5) is 12.4. The topological polar surface area (TPSA) is 57.0 Å². The van der Waals surface area contributed by atoms with E-state index in [-0.39, 0.29) is 11.2 Å². The Morgan fingerprint density at radius 2 is 1.79 bits per heavy atom. The number of hydrogen-bond acceptors (Lipinski definition) is 5. The summed E-state index contributed by atoms with van der Waals surface area (Å²) in [5.74, 6) is 0.662. The minimum Gasteiger partial charge on any atom is -0.465 e. The summed E-state index contributed by atoms with van der Waals surface area (Å²) < 4.78 is 7.36. The Bertz CT molecular complexity index is 940. The SMILES string of the molecule is CCCC(Sc1nnc(Cc2ccccc2)n1-c1ccccc1C)C(=O)OCC. The van der Waals surface area contributed by atoms with Crippen LogP contribution in [0.4, 0.5) is 0 Å². The summed E-state index contributed by atoms with van der Waals surface area (Å²) in [6, 6.07) is 18.4. The molecule has 0 saturated carbocycles. The molecular formula is C23H27N3O2S. The van der Waals surface area contributed by atoms with Gasteiger partial charge in [-0.25, -0.2) is 0 Å². The average molecular weight is 410 g/mol. The molecule has 0 radical (unpaired) electrons. The quantitative estimate of drug-likeness (QED) is 0.368. The standard InChI is InChI=1S/C23H27N3O2S/c1-4-11-20(22(27)28-5-2)29-23-25-24-21(16-18-13-7-6-8-14-18)26(23)19-15-10-9-12-17(19)3/h6-10,12-15,20H,4-5,11,16H2,1-3H3. The molecule has 3 aromatic rings. The van der Waals surface area contributed by atoms with Gasteiger partial charge in [0.1, 0.15) is 11.1 Å². The molecule has 1 unspecified atom stereocenters.